The molecule has 14 heteroatoms. The average Bonchev–Trinajstić information content (AvgIpc) is 3.43. The molecule has 0 spiro atoms. The van der Waals surface area contributed by atoms with Gasteiger partial charge in [0, 0.05) is 0 Å². The molecule has 1 aromatic carbocycles. The SMILES string of the molecule is COc1ncc(Nc2nc(N[C@H](c3ccccc3)[C@H](C)NC(=O)O)c(F)cc2C(N)=O)cc1-n1ccnn1. The number of benzene rings is 1. The third kappa shape index (κ3) is 5.75. The van der Waals surface area contributed by atoms with Crippen molar-refractivity contribution in [3.05, 3.63) is 78.0 Å². The van der Waals surface area contributed by atoms with Crippen LogP contribution in [0.4, 0.5) is 26.5 Å². The molecule has 0 aliphatic rings. The third-order valence-corrected chi connectivity index (χ3v) is 5.50. The molecule has 0 saturated carbocycles. The minimum absolute atomic E-state index is 0.0523. The predicted octanol–water partition coefficient (Wildman–Crippen LogP) is 2.86. The molecule has 38 heavy (non-hydrogen) atoms. The van der Waals surface area contributed by atoms with Gasteiger partial charge in [-0.25, -0.2) is 23.8 Å². The molecule has 0 bridgehead atoms. The maximum Gasteiger partial charge on any atom is 0.404 e. The number of aromatic nitrogens is 5. The molecule has 4 rings (SSSR count). The molecule has 13 nitrogen and oxygen atoms in total. The lowest BCUT2D eigenvalue weighted by atomic mass is 10.0. The lowest BCUT2D eigenvalue weighted by Gasteiger charge is -2.26. The van der Waals surface area contributed by atoms with Crippen molar-refractivity contribution in [1.29, 1.82) is 0 Å². The highest BCUT2D eigenvalue weighted by molar-refractivity contribution is 5.98. The van der Waals surface area contributed by atoms with E-state index in [4.69, 9.17) is 10.5 Å². The predicted molar refractivity (Wildman–Crippen MR) is 135 cm³/mol. The number of carbonyl (C=O) groups excluding carboxylic acids is 1. The second-order valence-corrected chi connectivity index (χ2v) is 8.08. The van der Waals surface area contributed by atoms with E-state index < -0.39 is 29.9 Å². The number of hydrogen-bond acceptors (Lipinski definition) is 9. The summed E-state index contributed by atoms with van der Waals surface area (Å²) in [5.41, 5.74) is 6.77. The van der Waals surface area contributed by atoms with E-state index in [1.165, 1.54) is 24.2 Å². The average molecular weight is 522 g/mol. The van der Waals surface area contributed by atoms with E-state index in [0.29, 0.717) is 16.9 Å². The van der Waals surface area contributed by atoms with Crippen LogP contribution in [-0.2, 0) is 0 Å². The van der Waals surface area contributed by atoms with Crippen LogP contribution in [-0.4, -0.2) is 55.2 Å². The van der Waals surface area contributed by atoms with Gasteiger partial charge in [0.1, 0.15) is 11.5 Å². The van der Waals surface area contributed by atoms with E-state index in [0.717, 1.165) is 6.07 Å². The molecule has 0 fully saturated rings. The number of pyridine rings is 2. The van der Waals surface area contributed by atoms with Gasteiger partial charge in [0.15, 0.2) is 11.6 Å². The number of methoxy groups -OCH3 is 1. The zero-order chi connectivity index (χ0) is 27.2. The van der Waals surface area contributed by atoms with E-state index >= 15 is 4.39 Å². The Morgan fingerprint density at radius 1 is 1.18 bits per heavy atom. The summed E-state index contributed by atoms with van der Waals surface area (Å²) in [7, 11) is 1.45. The van der Waals surface area contributed by atoms with Crippen LogP contribution in [0.25, 0.3) is 5.69 Å². The summed E-state index contributed by atoms with van der Waals surface area (Å²) in [6, 6.07) is 10.1. The molecule has 0 unspecified atom stereocenters. The molecule has 4 aromatic rings. The van der Waals surface area contributed by atoms with Crippen LogP contribution in [0.2, 0.25) is 0 Å². The summed E-state index contributed by atoms with van der Waals surface area (Å²) in [6.45, 7) is 1.63. The maximum atomic E-state index is 15.1. The number of halogens is 1. The van der Waals surface area contributed by atoms with Gasteiger partial charge in [-0.05, 0) is 24.6 Å². The molecule has 2 amide bonds. The van der Waals surface area contributed by atoms with Gasteiger partial charge in [-0.3, -0.25) is 4.79 Å². The van der Waals surface area contributed by atoms with E-state index in [1.807, 2.05) is 0 Å². The van der Waals surface area contributed by atoms with Gasteiger partial charge in [-0.2, -0.15) is 0 Å². The first-order valence-electron chi connectivity index (χ1n) is 11.3. The summed E-state index contributed by atoms with van der Waals surface area (Å²) in [5.74, 6) is -1.80. The van der Waals surface area contributed by atoms with E-state index in [9.17, 15) is 14.7 Å². The second kappa shape index (κ2) is 11.2. The smallest absolute Gasteiger partial charge is 0.404 e. The summed E-state index contributed by atoms with van der Waals surface area (Å²) < 4.78 is 21.8. The summed E-state index contributed by atoms with van der Waals surface area (Å²) in [4.78, 5) is 31.9. The van der Waals surface area contributed by atoms with Gasteiger partial charge in [0.2, 0.25) is 5.88 Å². The van der Waals surface area contributed by atoms with Crippen LogP contribution in [0.15, 0.2) is 61.1 Å². The molecule has 6 N–H and O–H groups in total. The van der Waals surface area contributed by atoms with Gasteiger partial charge in [-0.15, -0.1) is 5.10 Å². The Bertz CT molecular complexity index is 1430. The first kappa shape index (κ1) is 25.8. The number of nitrogens with two attached hydrogens (primary N) is 1. The van der Waals surface area contributed by atoms with E-state index in [-0.39, 0.29) is 23.1 Å². The summed E-state index contributed by atoms with van der Waals surface area (Å²) >= 11 is 0. The van der Waals surface area contributed by atoms with Crippen molar-refractivity contribution in [3.63, 3.8) is 0 Å². The molecule has 0 radical (unpaired) electrons. The zero-order valence-corrected chi connectivity index (χ0v) is 20.3. The monoisotopic (exact) mass is 521 g/mol. The quantitative estimate of drug-likeness (QED) is 0.208. The Kier molecular flexibility index (Phi) is 7.61. The van der Waals surface area contributed by atoms with Crippen molar-refractivity contribution < 1.29 is 23.8 Å². The van der Waals surface area contributed by atoms with Gasteiger partial charge in [0.05, 0.1) is 49.0 Å². The molecule has 3 heterocycles. The van der Waals surface area contributed by atoms with Gasteiger partial charge in [-0.1, -0.05) is 35.5 Å². The standard InChI is InChI=1S/C24H24FN9O4/c1-13(29-24(36)37)19(14-6-4-3-5-7-14)31-22-17(25)11-16(20(26)35)21(32-22)30-15-10-18(23(38-2)27-12-15)34-9-8-28-33-34/h3-13,19,29H,1-2H3,(H2,26,35)(H,36,37)(H2,30,31,32)/t13-,19-/m0/s1. The number of rotatable bonds is 10. The number of ether oxygens (including phenoxy) is 1. The van der Waals surface area contributed by atoms with Crippen LogP contribution >= 0.6 is 0 Å². The van der Waals surface area contributed by atoms with Gasteiger partial charge in [0.25, 0.3) is 5.91 Å². The molecular weight excluding hydrogens is 497 g/mol. The first-order valence-corrected chi connectivity index (χ1v) is 11.3. The van der Waals surface area contributed by atoms with Crippen molar-refractivity contribution in [1.82, 2.24) is 30.3 Å². The lowest BCUT2D eigenvalue weighted by Crippen LogP contribution is -2.39. The van der Waals surface area contributed by atoms with Crippen LogP contribution in [0.3, 0.4) is 0 Å². The van der Waals surface area contributed by atoms with Gasteiger partial charge >= 0.3 is 6.09 Å². The summed E-state index contributed by atoms with van der Waals surface area (Å²) in [5, 5.41) is 25.2. The highest BCUT2D eigenvalue weighted by Crippen LogP contribution is 2.29. The molecule has 0 saturated heterocycles. The first-order chi connectivity index (χ1) is 18.3. The minimum atomic E-state index is -1.24. The number of hydrogen-bond donors (Lipinski definition) is 5. The molecule has 196 valence electrons. The van der Waals surface area contributed by atoms with Crippen molar-refractivity contribution in [2.75, 3.05) is 17.7 Å². The van der Waals surface area contributed by atoms with Crippen LogP contribution < -0.4 is 26.4 Å². The largest absolute Gasteiger partial charge is 0.479 e. The van der Waals surface area contributed by atoms with Crippen molar-refractivity contribution in [2.24, 2.45) is 5.73 Å². The van der Waals surface area contributed by atoms with Crippen molar-refractivity contribution in [2.45, 2.75) is 19.0 Å². The minimum Gasteiger partial charge on any atom is -0.479 e. The highest BCUT2D eigenvalue weighted by atomic mass is 19.1. The molecule has 3 aromatic heterocycles. The van der Waals surface area contributed by atoms with Gasteiger partial charge < -0.3 is 31.5 Å². The third-order valence-electron chi connectivity index (χ3n) is 5.50. The second-order valence-electron chi connectivity index (χ2n) is 8.08. The number of nitrogens with one attached hydrogen (secondary N) is 3. The number of carbonyl (C=O) groups is 2. The molecule has 0 aliphatic carbocycles. The number of anilines is 3. The topological polar surface area (TPSA) is 182 Å². The Balaban J connectivity index is 1.72. The number of primary amides is 1. The van der Waals surface area contributed by atoms with Crippen molar-refractivity contribution >= 4 is 29.3 Å². The molecule has 2 atom stereocenters. The van der Waals surface area contributed by atoms with Crippen LogP contribution in [0.5, 0.6) is 5.88 Å². The Labute approximate surface area is 215 Å². The van der Waals surface area contributed by atoms with Crippen LogP contribution in [0, 0.1) is 5.82 Å². The lowest BCUT2D eigenvalue weighted by molar-refractivity contribution is 0.1000. The maximum absolute atomic E-state index is 15.1. The normalized spacial score (nSPS) is 12.3. The number of carboxylic acid groups (broad SMARTS) is 1. The fourth-order valence-electron chi connectivity index (χ4n) is 3.76. The number of nitrogens with zero attached hydrogens (tertiary/aromatic N) is 5. The molecular formula is C24H24FN9O4. The van der Waals surface area contributed by atoms with E-state index in [2.05, 4.69) is 36.2 Å². The molecule has 0 aliphatic heterocycles. The van der Waals surface area contributed by atoms with Crippen molar-refractivity contribution in [3.8, 4) is 11.6 Å². The number of amides is 2. The van der Waals surface area contributed by atoms with E-state index in [1.54, 1.807) is 49.5 Å². The zero-order valence-electron chi connectivity index (χ0n) is 20.3. The van der Waals surface area contributed by atoms with Crippen LogP contribution in [0.1, 0.15) is 28.9 Å². The Morgan fingerprint density at radius 3 is 2.58 bits per heavy atom. The Morgan fingerprint density at radius 2 is 1.95 bits per heavy atom. The fourth-order valence-corrected chi connectivity index (χ4v) is 3.76. The highest BCUT2D eigenvalue weighted by Gasteiger charge is 2.24. The fraction of sp³-hybridized carbons (Fsp3) is 0.167. The summed E-state index contributed by atoms with van der Waals surface area (Å²) in [6.07, 6.45) is 3.25. The Hall–Kier alpha value is -5.27.